The van der Waals surface area contributed by atoms with Crippen molar-refractivity contribution in [1.82, 2.24) is 0 Å². The van der Waals surface area contributed by atoms with E-state index in [4.69, 9.17) is 4.74 Å². The van der Waals surface area contributed by atoms with E-state index in [2.05, 4.69) is 6.92 Å². The fourth-order valence-corrected chi connectivity index (χ4v) is 4.08. The molecule has 4 heteroatoms. The van der Waals surface area contributed by atoms with Crippen LogP contribution in [-0.4, -0.2) is 30.4 Å². The Morgan fingerprint density at radius 3 is 1.64 bits per heavy atom. The summed E-state index contributed by atoms with van der Waals surface area (Å²) in [5.41, 5.74) is 0. The Labute approximate surface area is 179 Å². The summed E-state index contributed by atoms with van der Waals surface area (Å²) >= 11 is 1.64. The van der Waals surface area contributed by atoms with Crippen molar-refractivity contribution in [3.63, 3.8) is 0 Å². The molecule has 0 amide bonds. The Hall–Kier alpha value is -0.510. The summed E-state index contributed by atoms with van der Waals surface area (Å²) in [6.07, 6.45) is 23.6. The van der Waals surface area contributed by atoms with E-state index < -0.39 is 0 Å². The highest BCUT2D eigenvalue weighted by Crippen LogP contribution is 2.13. The predicted molar refractivity (Wildman–Crippen MR) is 123 cm³/mol. The lowest BCUT2D eigenvalue weighted by atomic mass is 10.0. The van der Waals surface area contributed by atoms with Gasteiger partial charge in [0.2, 0.25) is 0 Å². The average Bonchev–Trinajstić information content (AvgIpc) is 2.70. The van der Waals surface area contributed by atoms with Crippen LogP contribution >= 0.6 is 11.8 Å². The predicted octanol–water partition coefficient (Wildman–Crippen LogP) is 7.50. The minimum atomic E-state index is -0.0976. The third-order valence-corrected chi connectivity index (χ3v) is 6.11. The summed E-state index contributed by atoms with van der Waals surface area (Å²) in [5.74, 6) is 1.46. The SMILES string of the molecule is CCCCCCCCCCCCCCCCCCOC(=O)CCSCCC=O. The summed E-state index contributed by atoms with van der Waals surface area (Å²) in [6.45, 7) is 2.84. The van der Waals surface area contributed by atoms with Gasteiger partial charge in [-0.25, -0.2) is 0 Å². The standard InChI is InChI=1S/C24H46O3S/c1-2-3-4-5-6-7-8-9-10-11-12-13-14-15-16-17-21-27-24(26)19-23-28-22-18-20-25/h20H,2-19,21-23H2,1H3. The first-order chi connectivity index (χ1) is 13.8. The maximum absolute atomic E-state index is 11.5. The van der Waals surface area contributed by atoms with Gasteiger partial charge in [-0.3, -0.25) is 4.79 Å². The minimum absolute atomic E-state index is 0.0976. The van der Waals surface area contributed by atoms with Crippen LogP contribution in [0.15, 0.2) is 0 Å². The van der Waals surface area contributed by atoms with Gasteiger partial charge in [0, 0.05) is 12.2 Å². The van der Waals surface area contributed by atoms with Gasteiger partial charge in [0.15, 0.2) is 0 Å². The zero-order chi connectivity index (χ0) is 20.5. The highest BCUT2D eigenvalue weighted by Gasteiger charge is 2.02. The van der Waals surface area contributed by atoms with Crippen LogP contribution in [0, 0.1) is 0 Å². The molecule has 166 valence electrons. The van der Waals surface area contributed by atoms with Gasteiger partial charge in [-0.1, -0.05) is 103 Å². The number of aldehydes is 1. The first-order valence-corrected chi connectivity index (χ1v) is 13.1. The highest BCUT2D eigenvalue weighted by atomic mass is 32.2. The molecule has 0 bridgehead atoms. The molecule has 0 saturated carbocycles. The van der Waals surface area contributed by atoms with E-state index in [9.17, 15) is 9.59 Å². The zero-order valence-corrected chi connectivity index (χ0v) is 19.4. The smallest absolute Gasteiger partial charge is 0.306 e. The maximum Gasteiger partial charge on any atom is 0.306 e. The van der Waals surface area contributed by atoms with E-state index in [1.807, 2.05) is 0 Å². The fourth-order valence-electron chi connectivity index (χ4n) is 3.30. The first kappa shape index (κ1) is 27.5. The number of unbranched alkanes of at least 4 members (excludes halogenated alkanes) is 15. The molecule has 0 aromatic heterocycles. The molecule has 28 heavy (non-hydrogen) atoms. The number of thioether (sulfide) groups is 1. The van der Waals surface area contributed by atoms with E-state index in [1.54, 1.807) is 11.8 Å². The molecule has 0 heterocycles. The van der Waals surface area contributed by atoms with Crippen molar-refractivity contribution in [2.45, 2.75) is 122 Å². The average molecular weight is 415 g/mol. The van der Waals surface area contributed by atoms with Crippen LogP contribution in [0.2, 0.25) is 0 Å². The van der Waals surface area contributed by atoms with Gasteiger partial charge in [-0.15, -0.1) is 0 Å². The van der Waals surface area contributed by atoms with Gasteiger partial charge in [-0.2, -0.15) is 11.8 Å². The number of carbonyl (C=O) groups is 2. The number of hydrogen-bond acceptors (Lipinski definition) is 4. The molecule has 3 nitrogen and oxygen atoms in total. The normalized spacial score (nSPS) is 10.9. The largest absolute Gasteiger partial charge is 0.466 e. The molecule has 0 aliphatic heterocycles. The van der Waals surface area contributed by atoms with Gasteiger partial charge in [0.25, 0.3) is 0 Å². The summed E-state index contributed by atoms with van der Waals surface area (Å²) in [6, 6.07) is 0. The Morgan fingerprint density at radius 2 is 1.18 bits per heavy atom. The van der Waals surface area contributed by atoms with Crippen molar-refractivity contribution in [1.29, 1.82) is 0 Å². The summed E-state index contributed by atoms with van der Waals surface area (Å²) < 4.78 is 5.25. The zero-order valence-electron chi connectivity index (χ0n) is 18.6. The van der Waals surface area contributed by atoms with E-state index in [-0.39, 0.29) is 5.97 Å². The molecular formula is C24H46O3S. The fraction of sp³-hybridized carbons (Fsp3) is 0.917. The van der Waals surface area contributed by atoms with Gasteiger partial charge in [0.1, 0.15) is 6.29 Å². The molecule has 0 saturated heterocycles. The molecule has 0 aliphatic carbocycles. The lowest BCUT2D eigenvalue weighted by Crippen LogP contribution is -2.07. The van der Waals surface area contributed by atoms with Gasteiger partial charge >= 0.3 is 5.97 Å². The molecule has 0 aromatic rings. The number of ether oxygens (including phenoxy) is 1. The molecule has 0 N–H and O–H groups in total. The quantitative estimate of drug-likeness (QED) is 0.0986. The number of rotatable bonds is 23. The molecule has 0 radical (unpaired) electrons. The van der Waals surface area contributed by atoms with E-state index in [0.717, 1.165) is 24.2 Å². The van der Waals surface area contributed by atoms with Crippen LogP contribution in [0.25, 0.3) is 0 Å². The van der Waals surface area contributed by atoms with Crippen molar-refractivity contribution in [3.8, 4) is 0 Å². The van der Waals surface area contributed by atoms with Crippen LogP contribution in [0.4, 0.5) is 0 Å². The molecule has 0 atom stereocenters. The van der Waals surface area contributed by atoms with Crippen molar-refractivity contribution in [3.05, 3.63) is 0 Å². The number of esters is 1. The van der Waals surface area contributed by atoms with E-state index >= 15 is 0 Å². The molecule has 0 fully saturated rings. The second-order valence-corrected chi connectivity index (χ2v) is 9.07. The Kier molecular flexibility index (Phi) is 24.1. The molecule has 0 aromatic carbocycles. The van der Waals surface area contributed by atoms with Crippen LogP contribution in [0.1, 0.15) is 122 Å². The molecular weight excluding hydrogens is 368 g/mol. The lowest BCUT2D eigenvalue weighted by Gasteiger charge is -2.05. The third kappa shape index (κ3) is 23.5. The van der Waals surface area contributed by atoms with Crippen molar-refractivity contribution in [2.75, 3.05) is 18.1 Å². The van der Waals surface area contributed by atoms with Crippen molar-refractivity contribution in [2.24, 2.45) is 0 Å². The Bertz CT molecular complexity index is 334. The highest BCUT2D eigenvalue weighted by molar-refractivity contribution is 7.99. The van der Waals surface area contributed by atoms with Crippen LogP contribution in [0.5, 0.6) is 0 Å². The van der Waals surface area contributed by atoms with Gasteiger partial charge < -0.3 is 9.53 Å². The number of hydrogen-bond donors (Lipinski definition) is 0. The third-order valence-electron chi connectivity index (χ3n) is 5.09. The van der Waals surface area contributed by atoms with Crippen molar-refractivity contribution < 1.29 is 14.3 Å². The van der Waals surface area contributed by atoms with Crippen LogP contribution < -0.4 is 0 Å². The van der Waals surface area contributed by atoms with Crippen LogP contribution in [-0.2, 0) is 14.3 Å². The summed E-state index contributed by atoms with van der Waals surface area (Å²) in [5, 5.41) is 0. The molecule has 0 rings (SSSR count). The summed E-state index contributed by atoms with van der Waals surface area (Å²) in [4.78, 5) is 21.7. The van der Waals surface area contributed by atoms with Crippen molar-refractivity contribution >= 4 is 24.0 Å². The van der Waals surface area contributed by atoms with Gasteiger partial charge in [0.05, 0.1) is 13.0 Å². The Balaban J connectivity index is 3.09. The molecule has 0 aliphatic rings. The lowest BCUT2D eigenvalue weighted by molar-refractivity contribution is -0.143. The van der Waals surface area contributed by atoms with Crippen LogP contribution in [0.3, 0.4) is 0 Å². The number of carbonyl (C=O) groups excluding carboxylic acids is 2. The second kappa shape index (κ2) is 24.5. The molecule has 0 spiro atoms. The maximum atomic E-state index is 11.5. The first-order valence-electron chi connectivity index (χ1n) is 12.0. The van der Waals surface area contributed by atoms with E-state index in [1.165, 1.54) is 96.3 Å². The minimum Gasteiger partial charge on any atom is -0.466 e. The topological polar surface area (TPSA) is 43.4 Å². The summed E-state index contributed by atoms with van der Waals surface area (Å²) in [7, 11) is 0. The van der Waals surface area contributed by atoms with Gasteiger partial charge in [-0.05, 0) is 12.2 Å². The van der Waals surface area contributed by atoms with E-state index in [0.29, 0.717) is 19.4 Å². The molecule has 0 unspecified atom stereocenters. The monoisotopic (exact) mass is 414 g/mol. The Morgan fingerprint density at radius 1 is 0.714 bits per heavy atom. The second-order valence-electron chi connectivity index (χ2n) is 7.84.